The van der Waals surface area contributed by atoms with Crippen molar-refractivity contribution in [2.24, 2.45) is 5.41 Å². The van der Waals surface area contributed by atoms with E-state index in [1.54, 1.807) is 0 Å². The van der Waals surface area contributed by atoms with Gasteiger partial charge in [0.2, 0.25) is 0 Å². The lowest BCUT2D eigenvalue weighted by molar-refractivity contribution is 0.0996. The van der Waals surface area contributed by atoms with Crippen LogP contribution in [0.5, 0.6) is 11.5 Å². The summed E-state index contributed by atoms with van der Waals surface area (Å²) in [6.45, 7) is 7.08. The monoisotopic (exact) mass is 391 g/mol. The van der Waals surface area contributed by atoms with Gasteiger partial charge in [-0.15, -0.1) is 0 Å². The van der Waals surface area contributed by atoms with Crippen molar-refractivity contribution in [3.63, 3.8) is 0 Å². The van der Waals surface area contributed by atoms with Gasteiger partial charge in [0.15, 0.2) is 0 Å². The Labute approximate surface area is 170 Å². The molecule has 0 fully saturated rings. The molecule has 150 valence electrons. The van der Waals surface area contributed by atoms with E-state index in [0.29, 0.717) is 13.2 Å². The van der Waals surface area contributed by atoms with Gasteiger partial charge in [0.1, 0.15) is 11.5 Å². The molecule has 0 spiro atoms. The highest BCUT2D eigenvalue weighted by Crippen LogP contribution is 2.44. The highest BCUT2D eigenvalue weighted by molar-refractivity contribution is 5.88. The predicted octanol–water partition coefficient (Wildman–Crippen LogP) is 5.63. The molecule has 2 N–H and O–H groups in total. The molecule has 5 nitrogen and oxygen atoms in total. The van der Waals surface area contributed by atoms with Crippen molar-refractivity contribution in [3.8, 4) is 22.6 Å². The van der Waals surface area contributed by atoms with E-state index in [4.69, 9.17) is 9.47 Å². The van der Waals surface area contributed by atoms with Crippen LogP contribution in [0.25, 0.3) is 21.9 Å². The molecule has 0 saturated heterocycles. The third-order valence-corrected chi connectivity index (χ3v) is 5.43. The fourth-order valence-electron chi connectivity index (χ4n) is 3.90. The van der Waals surface area contributed by atoms with Gasteiger partial charge < -0.3 is 19.9 Å². The van der Waals surface area contributed by atoms with E-state index in [9.17, 15) is 9.90 Å². The van der Waals surface area contributed by atoms with Gasteiger partial charge in [0, 0.05) is 11.0 Å². The maximum Gasteiger partial charge on any atom is 0.405 e. The third kappa shape index (κ3) is 3.73. The lowest BCUT2D eigenvalue weighted by Crippen LogP contribution is -2.43. The van der Waals surface area contributed by atoms with Crippen LogP contribution in [0.1, 0.15) is 32.4 Å². The zero-order valence-corrected chi connectivity index (χ0v) is 16.9. The van der Waals surface area contributed by atoms with Gasteiger partial charge in [0.25, 0.3) is 0 Å². The normalized spacial score (nSPS) is 17.3. The lowest BCUT2D eigenvalue weighted by atomic mass is 9.78. The number of carboxylic acid groups (broad SMARTS) is 1. The molecule has 5 heteroatoms. The Morgan fingerprint density at radius 1 is 1.10 bits per heavy atom. The van der Waals surface area contributed by atoms with Gasteiger partial charge in [-0.3, -0.25) is 0 Å². The van der Waals surface area contributed by atoms with Crippen molar-refractivity contribution in [2.45, 2.75) is 26.8 Å². The first-order valence-corrected chi connectivity index (χ1v) is 9.80. The van der Waals surface area contributed by atoms with Crippen molar-refractivity contribution >= 4 is 16.9 Å². The van der Waals surface area contributed by atoms with Crippen LogP contribution in [0.15, 0.2) is 54.6 Å². The molecular formula is C24H25NO4. The zero-order chi connectivity index (χ0) is 20.6. The first kappa shape index (κ1) is 19.1. The average molecular weight is 391 g/mol. The van der Waals surface area contributed by atoms with Gasteiger partial charge in [-0.25, -0.2) is 4.79 Å². The van der Waals surface area contributed by atoms with E-state index < -0.39 is 6.09 Å². The Balaban J connectivity index is 1.70. The SMILES string of the molecule is CCOc1ccc2cc(-c3ccc4c(c3)OCC(C)(C)C4NC(=O)O)ccc2c1. The summed E-state index contributed by atoms with van der Waals surface area (Å²) in [6, 6.07) is 18.1. The van der Waals surface area contributed by atoms with Gasteiger partial charge in [-0.2, -0.15) is 0 Å². The topological polar surface area (TPSA) is 67.8 Å². The molecule has 1 heterocycles. The van der Waals surface area contributed by atoms with E-state index in [-0.39, 0.29) is 11.5 Å². The molecule has 1 atom stereocenters. The van der Waals surface area contributed by atoms with Crippen LogP contribution in [0.4, 0.5) is 4.79 Å². The first-order valence-electron chi connectivity index (χ1n) is 9.80. The number of carbonyl (C=O) groups is 1. The Kier molecular flexibility index (Phi) is 4.82. The first-order chi connectivity index (χ1) is 13.9. The molecule has 4 rings (SSSR count). The number of hydrogen-bond donors (Lipinski definition) is 2. The summed E-state index contributed by atoms with van der Waals surface area (Å²) in [5, 5.41) is 14.2. The van der Waals surface area contributed by atoms with Gasteiger partial charge in [-0.1, -0.05) is 44.2 Å². The number of benzene rings is 3. The molecule has 29 heavy (non-hydrogen) atoms. The maximum absolute atomic E-state index is 11.3. The molecule has 1 unspecified atom stereocenters. The summed E-state index contributed by atoms with van der Waals surface area (Å²) >= 11 is 0. The van der Waals surface area contributed by atoms with Crippen molar-refractivity contribution in [1.29, 1.82) is 0 Å². The quantitative estimate of drug-likeness (QED) is 0.604. The van der Waals surface area contributed by atoms with Crippen LogP contribution in [-0.2, 0) is 0 Å². The molecule has 0 bridgehead atoms. The minimum atomic E-state index is -1.03. The lowest BCUT2D eigenvalue weighted by Gasteiger charge is -2.39. The second-order valence-electron chi connectivity index (χ2n) is 8.07. The van der Waals surface area contributed by atoms with Gasteiger partial charge in [0.05, 0.1) is 19.3 Å². The summed E-state index contributed by atoms with van der Waals surface area (Å²) in [6.07, 6.45) is -1.03. The average Bonchev–Trinajstić information content (AvgIpc) is 2.69. The molecule has 1 aliphatic rings. The third-order valence-electron chi connectivity index (χ3n) is 5.43. The van der Waals surface area contributed by atoms with Gasteiger partial charge in [-0.05, 0) is 53.1 Å². The van der Waals surface area contributed by atoms with E-state index in [0.717, 1.165) is 39.0 Å². The van der Waals surface area contributed by atoms with E-state index in [2.05, 4.69) is 29.6 Å². The van der Waals surface area contributed by atoms with Gasteiger partial charge >= 0.3 is 6.09 Å². The molecule has 1 aliphatic heterocycles. The summed E-state index contributed by atoms with van der Waals surface area (Å²) in [5.74, 6) is 1.60. The summed E-state index contributed by atoms with van der Waals surface area (Å²) in [7, 11) is 0. The van der Waals surface area contributed by atoms with Crippen molar-refractivity contribution in [1.82, 2.24) is 5.32 Å². The van der Waals surface area contributed by atoms with Crippen LogP contribution in [0.2, 0.25) is 0 Å². The van der Waals surface area contributed by atoms with E-state index in [1.807, 2.05) is 51.1 Å². The molecule has 0 aliphatic carbocycles. The minimum Gasteiger partial charge on any atom is -0.494 e. The highest BCUT2D eigenvalue weighted by Gasteiger charge is 2.38. The number of hydrogen-bond acceptors (Lipinski definition) is 3. The Morgan fingerprint density at radius 2 is 1.79 bits per heavy atom. The highest BCUT2D eigenvalue weighted by atomic mass is 16.5. The fraction of sp³-hybridized carbons (Fsp3) is 0.292. The molecule has 3 aromatic carbocycles. The van der Waals surface area contributed by atoms with E-state index >= 15 is 0 Å². The number of amides is 1. The molecule has 0 saturated carbocycles. The van der Waals surface area contributed by atoms with Crippen LogP contribution >= 0.6 is 0 Å². The standard InChI is InChI=1S/C24H25NO4/c1-4-28-19-9-7-16-11-15(5-6-17(16)12-19)18-8-10-20-21(13-18)29-14-24(2,3)22(20)25-23(26)27/h5-13,22,25H,4,14H2,1-3H3,(H,26,27). The van der Waals surface area contributed by atoms with E-state index in [1.165, 1.54) is 0 Å². The van der Waals surface area contributed by atoms with Crippen LogP contribution in [0.3, 0.4) is 0 Å². The second-order valence-corrected chi connectivity index (χ2v) is 8.07. The van der Waals surface area contributed by atoms with Crippen LogP contribution in [0, 0.1) is 5.41 Å². The van der Waals surface area contributed by atoms with Crippen LogP contribution in [-0.4, -0.2) is 24.4 Å². The zero-order valence-electron chi connectivity index (χ0n) is 16.9. The number of rotatable bonds is 4. The Bertz CT molecular complexity index is 1070. The summed E-state index contributed by atoms with van der Waals surface area (Å²) in [4.78, 5) is 11.3. The summed E-state index contributed by atoms with van der Waals surface area (Å²) < 4.78 is 11.6. The largest absolute Gasteiger partial charge is 0.494 e. The maximum atomic E-state index is 11.3. The number of nitrogens with one attached hydrogen (secondary N) is 1. The van der Waals surface area contributed by atoms with Crippen molar-refractivity contribution < 1.29 is 19.4 Å². The Morgan fingerprint density at radius 3 is 2.55 bits per heavy atom. The molecular weight excluding hydrogens is 366 g/mol. The Hall–Kier alpha value is -3.21. The predicted molar refractivity (Wildman–Crippen MR) is 114 cm³/mol. The molecule has 0 aromatic heterocycles. The number of ether oxygens (including phenoxy) is 2. The molecule has 0 radical (unpaired) electrons. The molecule has 1 amide bonds. The number of fused-ring (bicyclic) bond motifs is 2. The van der Waals surface area contributed by atoms with Crippen molar-refractivity contribution in [2.75, 3.05) is 13.2 Å². The molecule has 3 aromatic rings. The van der Waals surface area contributed by atoms with Crippen molar-refractivity contribution in [3.05, 3.63) is 60.2 Å². The van der Waals surface area contributed by atoms with Crippen LogP contribution < -0.4 is 14.8 Å². The minimum absolute atomic E-state index is 0.314. The summed E-state index contributed by atoms with van der Waals surface area (Å²) in [5.41, 5.74) is 2.66. The smallest absolute Gasteiger partial charge is 0.405 e. The fourth-order valence-corrected chi connectivity index (χ4v) is 3.90. The second kappa shape index (κ2) is 7.32.